The highest BCUT2D eigenvalue weighted by atomic mass is 32.1. The van der Waals surface area contributed by atoms with E-state index in [1.165, 1.54) is 11.3 Å². The lowest BCUT2D eigenvalue weighted by Gasteiger charge is -2.01. The van der Waals surface area contributed by atoms with E-state index in [1.807, 2.05) is 0 Å². The summed E-state index contributed by atoms with van der Waals surface area (Å²) in [5.41, 5.74) is 11.4. The highest BCUT2D eigenvalue weighted by Gasteiger charge is 2.05. The minimum Gasteiger partial charge on any atom is -0.375 e. The van der Waals surface area contributed by atoms with Crippen LogP contribution >= 0.6 is 11.3 Å². The topological polar surface area (TPSA) is 94.0 Å². The average molecular weight is 214 g/mol. The van der Waals surface area contributed by atoms with E-state index < -0.39 is 0 Å². The Morgan fingerprint density at radius 3 is 3.00 bits per heavy atom. The van der Waals surface area contributed by atoms with Crippen molar-refractivity contribution in [3.63, 3.8) is 0 Å². The zero-order valence-electron chi connectivity index (χ0n) is 7.82. The molecule has 1 heterocycles. The number of hydrogen-bond donors (Lipinski definition) is 3. The van der Waals surface area contributed by atoms with Crippen LogP contribution in [0.3, 0.4) is 0 Å². The Balaban J connectivity index is 2.27. The van der Waals surface area contributed by atoms with Crippen molar-refractivity contribution < 1.29 is 4.79 Å². The monoisotopic (exact) mass is 214 g/mol. The number of carbonyl (C=O) groups is 1. The molecule has 1 aromatic heterocycles. The number of nitrogen functional groups attached to an aromatic ring is 1. The second-order valence-electron chi connectivity index (χ2n) is 2.85. The second-order valence-corrected chi connectivity index (χ2v) is 3.74. The van der Waals surface area contributed by atoms with Crippen molar-refractivity contribution in [1.82, 2.24) is 10.3 Å². The molecule has 78 valence electrons. The highest BCUT2D eigenvalue weighted by Crippen LogP contribution is 2.10. The van der Waals surface area contributed by atoms with Crippen LogP contribution < -0.4 is 16.8 Å². The molecule has 1 aromatic rings. The zero-order chi connectivity index (χ0) is 10.4. The van der Waals surface area contributed by atoms with Gasteiger partial charge >= 0.3 is 0 Å². The maximum absolute atomic E-state index is 11.3. The summed E-state index contributed by atoms with van der Waals surface area (Å²) in [4.78, 5) is 15.3. The van der Waals surface area contributed by atoms with Gasteiger partial charge < -0.3 is 16.8 Å². The number of nitrogens with one attached hydrogen (secondary N) is 1. The Morgan fingerprint density at radius 2 is 2.43 bits per heavy atom. The predicted octanol–water partition coefficient (Wildman–Crippen LogP) is -0.267. The minimum absolute atomic E-state index is 0.0382. The normalized spacial score (nSPS) is 10.1. The molecule has 0 radical (unpaired) electrons. The summed E-state index contributed by atoms with van der Waals surface area (Å²) < 4.78 is 0. The van der Waals surface area contributed by atoms with Crippen molar-refractivity contribution in [2.24, 2.45) is 5.73 Å². The summed E-state index contributed by atoms with van der Waals surface area (Å²) in [5.74, 6) is -0.0382. The summed E-state index contributed by atoms with van der Waals surface area (Å²) in [6.07, 6.45) is 1.09. The van der Waals surface area contributed by atoms with Crippen molar-refractivity contribution in [2.45, 2.75) is 12.8 Å². The van der Waals surface area contributed by atoms with Gasteiger partial charge in [-0.2, -0.15) is 0 Å². The van der Waals surface area contributed by atoms with Crippen LogP contribution in [0, 0.1) is 0 Å². The Kier molecular flexibility index (Phi) is 4.34. The van der Waals surface area contributed by atoms with Crippen LogP contribution in [0.5, 0.6) is 0 Å². The van der Waals surface area contributed by atoms with E-state index in [9.17, 15) is 4.79 Å². The highest BCUT2D eigenvalue weighted by molar-refractivity contribution is 7.13. The van der Waals surface area contributed by atoms with Crippen molar-refractivity contribution in [2.75, 3.05) is 18.8 Å². The molecule has 0 aliphatic rings. The van der Waals surface area contributed by atoms with E-state index >= 15 is 0 Å². The molecule has 14 heavy (non-hydrogen) atoms. The largest absolute Gasteiger partial charge is 0.375 e. The van der Waals surface area contributed by atoms with Gasteiger partial charge in [-0.05, 0) is 13.0 Å². The maximum atomic E-state index is 11.3. The van der Waals surface area contributed by atoms with Gasteiger partial charge in [0.05, 0.1) is 12.1 Å². The fourth-order valence-electron chi connectivity index (χ4n) is 0.961. The maximum Gasteiger partial charge on any atom is 0.226 e. The summed E-state index contributed by atoms with van der Waals surface area (Å²) in [7, 11) is 0. The molecule has 5 N–H and O–H groups in total. The lowest BCUT2D eigenvalue weighted by Crippen LogP contribution is -2.27. The number of rotatable bonds is 5. The van der Waals surface area contributed by atoms with Gasteiger partial charge in [-0.1, -0.05) is 0 Å². The molecule has 0 fully saturated rings. The number of hydrogen-bond acceptors (Lipinski definition) is 5. The Morgan fingerprint density at radius 1 is 1.64 bits per heavy atom. The third kappa shape index (κ3) is 3.71. The number of carbonyl (C=O) groups excluding carboxylic acids is 1. The fraction of sp³-hybridized carbons (Fsp3) is 0.500. The minimum atomic E-state index is -0.0382. The summed E-state index contributed by atoms with van der Waals surface area (Å²) in [5, 5.41) is 5.03. The van der Waals surface area contributed by atoms with Gasteiger partial charge in [-0.25, -0.2) is 4.98 Å². The van der Waals surface area contributed by atoms with Crippen molar-refractivity contribution in [3.8, 4) is 0 Å². The zero-order valence-corrected chi connectivity index (χ0v) is 8.64. The molecule has 6 heteroatoms. The summed E-state index contributed by atoms with van der Waals surface area (Å²) in [6, 6.07) is 0. The van der Waals surface area contributed by atoms with Crippen LogP contribution in [-0.2, 0) is 11.2 Å². The SMILES string of the molecule is NCCCNC(=O)Cc1csc(N)n1. The first-order valence-electron chi connectivity index (χ1n) is 4.39. The fourth-order valence-corrected chi connectivity index (χ4v) is 1.52. The van der Waals surface area contributed by atoms with Crippen LogP contribution in [0.4, 0.5) is 5.13 Å². The van der Waals surface area contributed by atoms with E-state index in [1.54, 1.807) is 5.38 Å². The molecule has 0 aliphatic heterocycles. The van der Waals surface area contributed by atoms with Crippen molar-refractivity contribution in [1.29, 1.82) is 0 Å². The number of aromatic nitrogens is 1. The lowest BCUT2D eigenvalue weighted by molar-refractivity contribution is -0.120. The first kappa shape index (κ1) is 10.9. The van der Waals surface area contributed by atoms with Crippen molar-refractivity contribution >= 4 is 22.4 Å². The molecule has 1 rings (SSSR count). The van der Waals surface area contributed by atoms with Gasteiger partial charge in [-0.15, -0.1) is 11.3 Å². The van der Waals surface area contributed by atoms with Crippen LogP contribution in [0.15, 0.2) is 5.38 Å². The van der Waals surface area contributed by atoms with E-state index in [0.717, 1.165) is 12.1 Å². The quantitative estimate of drug-likeness (QED) is 0.588. The van der Waals surface area contributed by atoms with Gasteiger partial charge in [0.15, 0.2) is 5.13 Å². The van der Waals surface area contributed by atoms with E-state index in [2.05, 4.69) is 10.3 Å². The van der Waals surface area contributed by atoms with Gasteiger partial charge in [0, 0.05) is 11.9 Å². The molecule has 0 aliphatic carbocycles. The predicted molar refractivity (Wildman–Crippen MR) is 56.9 cm³/mol. The van der Waals surface area contributed by atoms with Crippen LogP contribution in [-0.4, -0.2) is 24.0 Å². The number of amides is 1. The average Bonchev–Trinajstić information content (AvgIpc) is 2.52. The molecular weight excluding hydrogens is 200 g/mol. The molecule has 0 unspecified atom stereocenters. The molecule has 0 saturated heterocycles. The van der Waals surface area contributed by atoms with Gasteiger partial charge in [-0.3, -0.25) is 4.79 Å². The van der Waals surface area contributed by atoms with Crippen LogP contribution in [0.1, 0.15) is 12.1 Å². The Bertz CT molecular complexity index is 299. The molecule has 1 amide bonds. The molecular formula is C8H14N4OS. The lowest BCUT2D eigenvalue weighted by atomic mass is 10.3. The first-order valence-corrected chi connectivity index (χ1v) is 5.27. The van der Waals surface area contributed by atoms with Crippen molar-refractivity contribution in [3.05, 3.63) is 11.1 Å². The third-order valence-electron chi connectivity index (χ3n) is 1.61. The van der Waals surface area contributed by atoms with E-state index in [4.69, 9.17) is 11.5 Å². The first-order chi connectivity index (χ1) is 6.72. The summed E-state index contributed by atoms with van der Waals surface area (Å²) >= 11 is 1.34. The van der Waals surface area contributed by atoms with Crippen LogP contribution in [0.2, 0.25) is 0 Å². The number of anilines is 1. The van der Waals surface area contributed by atoms with E-state index in [0.29, 0.717) is 18.2 Å². The number of thiazole rings is 1. The molecule has 5 nitrogen and oxygen atoms in total. The molecule has 0 aromatic carbocycles. The van der Waals surface area contributed by atoms with Gasteiger partial charge in [0.2, 0.25) is 5.91 Å². The smallest absolute Gasteiger partial charge is 0.226 e. The number of nitrogens with zero attached hydrogens (tertiary/aromatic N) is 1. The Hall–Kier alpha value is -1.14. The molecule has 0 saturated carbocycles. The molecule has 0 bridgehead atoms. The second kappa shape index (κ2) is 5.56. The Labute approximate surface area is 86.5 Å². The molecule has 0 atom stereocenters. The van der Waals surface area contributed by atoms with Crippen LogP contribution in [0.25, 0.3) is 0 Å². The van der Waals surface area contributed by atoms with E-state index in [-0.39, 0.29) is 12.3 Å². The van der Waals surface area contributed by atoms with Gasteiger partial charge in [0.25, 0.3) is 0 Å². The molecule has 0 spiro atoms. The third-order valence-corrected chi connectivity index (χ3v) is 2.34. The standard InChI is InChI=1S/C8H14N4OS/c9-2-1-3-11-7(13)4-6-5-14-8(10)12-6/h5H,1-4,9H2,(H2,10,12)(H,11,13). The summed E-state index contributed by atoms with van der Waals surface area (Å²) in [6.45, 7) is 1.21. The van der Waals surface area contributed by atoms with Gasteiger partial charge in [0.1, 0.15) is 0 Å². The number of nitrogens with two attached hydrogens (primary N) is 2.